The Morgan fingerprint density at radius 3 is 1.89 bits per heavy atom. The lowest BCUT2D eigenvalue weighted by atomic mass is 9.78. The van der Waals surface area contributed by atoms with Crippen LogP contribution in [0.4, 0.5) is 0 Å². The van der Waals surface area contributed by atoms with Crippen LogP contribution < -0.4 is 0 Å². The third-order valence-electron chi connectivity index (χ3n) is 5.02. The molecule has 0 N–H and O–H groups in total. The number of hydrogen-bond acceptors (Lipinski definition) is 0. The number of hydrogen-bond donors (Lipinski definition) is 0. The first kappa shape index (κ1) is 16.1. The van der Waals surface area contributed by atoms with Gasteiger partial charge in [-0.15, -0.1) is 0 Å². The molecule has 0 heteroatoms. The van der Waals surface area contributed by atoms with Crippen molar-refractivity contribution in [3.05, 3.63) is 0 Å². The second kappa shape index (κ2) is 10.9. The number of rotatable bonds is 6. The summed E-state index contributed by atoms with van der Waals surface area (Å²) in [7, 11) is 0. The molecule has 0 heterocycles. The molecule has 0 saturated heterocycles. The number of unbranched alkanes of at least 4 members (excludes halogenated alkanes) is 3. The Morgan fingerprint density at radius 2 is 1.28 bits per heavy atom. The molecule has 0 aromatic rings. The SMILES string of the molecule is CCCCCCC1CCCCCCCCC1CC. The van der Waals surface area contributed by atoms with E-state index in [1.165, 1.54) is 89.9 Å². The van der Waals surface area contributed by atoms with E-state index >= 15 is 0 Å². The maximum atomic E-state index is 2.43. The van der Waals surface area contributed by atoms with Crippen LogP contribution in [0.15, 0.2) is 0 Å². The van der Waals surface area contributed by atoms with Gasteiger partial charge in [0.05, 0.1) is 0 Å². The van der Waals surface area contributed by atoms with Crippen molar-refractivity contribution in [3.8, 4) is 0 Å². The van der Waals surface area contributed by atoms with Crippen LogP contribution in [0.25, 0.3) is 0 Å². The van der Waals surface area contributed by atoms with Gasteiger partial charge in [0, 0.05) is 0 Å². The van der Waals surface area contributed by atoms with Gasteiger partial charge in [0.1, 0.15) is 0 Å². The first-order valence-electron chi connectivity index (χ1n) is 8.88. The Bertz CT molecular complexity index is 173. The van der Waals surface area contributed by atoms with Crippen LogP contribution in [0.5, 0.6) is 0 Å². The predicted octanol–water partition coefficient (Wildman–Crippen LogP) is 6.73. The molecule has 0 bridgehead atoms. The normalized spacial score (nSPS) is 27.0. The summed E-state index contributed by atoms with van der Waals surface area (Å²) in [5, 5.41) is 0. The monoisotopic (exact) mass is 252 g/mol. The van der Waals surface area contributed by atoms with Crippen molar-refractivity contribution in [2.75, 3.05) is 0 Å². The molecule has 0 spiro atoms. The second-order valence-corrected chi connectivity index (χ2v) is 6.48. The molecule has 0 aromatic carbocycles. The van der Waals surface area contributed by atoms with Crippen molar-refractivity contribution in [1.82, 2.24) is 0 Å². The summed E-state index contributed by atoms with van der Waals surface area (Å²) < 4.78 is 0. The van der Waals surface area contributed by atoms with E-state index in [4.69, 9.17) is 0 Å². The van der Waals surface area contributed by atoms with Crippen molar-refractivity contribution in [3.63, 3.8) is 0 Å². The molecule has 1 saturated carbocycles. The lowest BCUT2D eigenvalue weighted by Crippen LogP contribution is -2.15. The van der Waals surface area contributed by atoms with Crippen molar-refractivity contribution in [2.45, 2.75) is 104 Å². The molecule has 0 aliphatic heterocycles. The lowest BCUT2D eigenvalue weighted by Gasteiger charge is -2.27. The van der Waals surface area contributed by atoms with E-state index in [-0.39, 0.29) is 0 Å². The average molecular weight is 252 g/mol. The van der Waals surface area contributed by atoms with Crippen LogP contribution >= 0.6 is 0 Å². The lowest BCUT2D eigenvalue weighted by molar-refractivity contribution is 0.243. The van der Waals surface area contributed by atoms with Crippen molar-refractivity contribution < 1.29 is 0 Å². The van der Waals surface area contributed by atoms with Gasteiger partial charge < -0.3 is 0 Å². The standard InChI is InChI=1S/C18H36/c1-3-5-6-11-15-18-16-13-10-8-7-9-12-14-17(18)4-2/h17-18H,3-16H2,1-2H3. The Labute approximate surface area is 116 Å². The van der Waals surface area contributed by atoms with Crippen LogP contribution in [0.3, 0.4) is 0 Å². The van der Waals surface area contributed by atoms with Crippen molar-refractivity contribution >= 4 is 0 Å². The average Bonchev–Trinajstić information content (AvgIpc) is 2.41. The molecule has 1 aliphatic carbocycles. The fourth-order valence-electron chi connectivity index (χ4n) is 3.74. The minimum Gasteiger partial charge on any atom is -0.0654 e. The van der Waals surface area contributed by atoms with Crippen LogP contribution in [-0.2, 0) is 0 Å². The first-order chi connectivity index (χ1) is 8.88. The third-order valence-corrected chi connectivity index (χ3v) is 5.02. The highest BCUT2D eigenvalue weighted by molar-refractivity contribution is 4.71. The summed E-state index contributed by atoms with van der Waals surface area (Å²) in [4.78, 5) is 0. The summed E-state index contributed by atoms with van der Waals surface area (Å²) in [6.45, 7) is 4.74. The Balaban J connectivity index is 2.34. The maximum absolute atomic E-state index is 2.43. The minimum absolute atomic E-state index is 1.05. The van der Waals surface area contributed by atoms with Gasteiger partial charge in [-0.25, -0.2) is 0 Å². The molecule has 0 aromatic heterocycles. The second-order valence-electron chi connectivity index (χ2n) is 6.48. The van der Waals surface area contributed by atoms with Crippen LogP contribution in [0.1, 0.15) is 104 Å². The summed E-state index contributed by atoms with van der Waals surface area (Å²) >= 11 is 0. The van der Waals surface area contributed by atoms with Gasteiger partial charge in [0.25, 0.3) is 0 Å². The van der Waals surface area contributed by atoms with Crippen LogP contribution in [0, 0.1) is 11.8 Å². The Kier molecular flexibility index (Phi) is 9.70. The molecule has 2 atom stereocenters. The van der Waals surface area contributed by atoms with E-state index in [1.807, 2.05) is 0 Å². The molecule has 1 fully saturated rings. The summed E-state index contributed by atoms with van der Waals surface area (Å²) in [6.07, 6.45) is 20.8. The maximum Gasteiger partial charge on any atom is -0.0386 e. The highest BCUT2D eigenvalue weighted by Crippen LogP contribution is 2.32. The smallest absolute Gasteiger partial charge is 0.0386 e. The summed E-state index contributed by atoms with van der Waals surface area (Å²) in [5.74, 6) is 2.11. The highest BCUT2D eigenvalue weighted by atomic mass is 14.2. The highest BCUT2D eigenvalue weighted by Gasteiger charge is 2.19. The third kappa shape index (κ3) is 6.81. The van der Waals surface area contributed by atoms with Gasteiger partial charge in [0.2, 0.25) is 0 Å². The largest absolute Gasteiger partial charge is 0.0654 e. The minimum atomic E-state index is 1.05. The van der Waals surface area contributed by atoms with Crippen molar-refractivity contribution in [2.24, 2.45) is 11.8 Å². The summed E-state index contributed by atoms with van der Waals surface area (Å²) in [6, 6.07) is 0. The van der Waals surface area contributed by atoms with E-state index in [0.29, 0.717) is 0 Å². The van der Waals surface area contributed by atoms with Crippen LogP contribution in [0.2, 0.25) is 0 Å². The molecule has 0 nitrogen and oxygen atoms in total. The van der Waals surface area contributed by atoms with Gasteiger partial charge in [-0.05, 0) is 11.8 Å². The fraction of sp³-hybridized carbons (Fsp3) is 1.00. The van der Waals surface area contributed by atoms with E-state index < -0.39 is 0 Å². The molecule has 18 heavy (non-hydrogen) atoms. The first-order valence-corrected chi connectivity index (χ1v) is 8.88. The van der Waals surface area contributed by atoms with E-state index in [1.54, 1.807) is 0 Å². The van der Waals surface area contributed by atoms with Gasteiger partial charge in [0.15, 0.2) is 0 Å². The Hall–Kier alpha value is 0. The molecule has 0 amide bonds. The van der Waals surface area contributed by atoms with Gasteiger partial charge in [-0.2, -0.15) is 0 Å². The quantitative estimate of drug-likeness (QED) is 0.459. The topological polar surface area (TPSA) is 0 Å². The molecule has 108 valence electrons. The van der Waals surface area contributed by atoms with Gasteiger partial charge in [-0.1, -0.05) is 104 Å². The van der Waals surface area contributed by atoms with E-state index in [9.17, 15) is 0 Å². The zero-order valence-corrected chi connectivity index (χ0v) is 13.1. The van der Waals surface area contributed by atoms with Crippen molar-refractivity contribution in [1.29, 1.82) is 0 Å². The van der Waals surface area contributed by atoms with Crippen LogP contribution in [-0.4, -0.2) is 0 Å². The van der Waals surface area contributed by atoms with E-state index in [2.05, 4.69) is 13.8 Å². The molecular formula is C18H36. The van der Waals surface area contributed by atoms with Gasteiger partial charge >= 0.3 is 0 Å². The molecule has 1 aliphatic rings. The molecular weight excluding hydrogens is 216 g/mol. The Morgan fingerprint density at radius 1 is 0.667 bits per heavy atom. The molecule has 0 radical (unpaired) electrons. The molecule has 1 rings (SSSR count). The van der Waals surface area contributed by atoms with E-state index in [0.717, 1.165) is 11.8 Å². The van der Waals surface area contributed by atoms with Gasteiger partial charge in [-0.3, -0.25) is 0 Å². The predicted molar refractivity (Wildman–Crippen MR) is 83.0 cm³/mol. The zero-order chi connectivity index (χ0) is 13.1. The fourth-order valence-corrected chi connectivity index (χ4v) is 3.74. The molecule has 2 unspecified atom stereocenters. The zero-order valence-electron chi connectivity index (χ0n) is 13.1. The summed E-state index contributed by atoms with van der Waals surface area (Å²) in [5.41, 5.74) is 0.